The van der Waals surface area contributed by atoms with E-state index in [0.717, 1.165) is 11.3 Å². The number of hydrogen-bond donors (Lipinski definition) is 2. The highest BCUT2D eigenvalue weighted by atomic mass is 16.6. The van der Waals surface area contributed by atoms with Crippen LogP contribution in [0.15, 0.2) is 42.9 Å². The summed E-state index contributed by atoms with van der Waals surface area (Å²) in [7, 11) is 0. The highest BCUT2D eigenvalue weighted by Crippen LogP contribution is 2.25. The number of fused-ring (bicyclic) bond motifs is 1. The van der Waals surface area contributed by atoms with Crippen molar-refractivity contribution in [2.75, 3.05) is 18.4 Å². The summed E-state index contributed by atoms with van der Waals surface area (Å²) in [5.41, 5.74) is 2.66. The molecule has 9 nitrogen and oxygen atoms in total. The third-order valence-corrected chi connectivity index (χ3v) is 5.47. The second-order valence-electron chi connectivity index (χ2n) is 9.34. The SMILES string of the molecule is Cc1cccc(Nc2ncnn3ccc(C(=O)N4CCC(NC(=O)OC(C)(C)C)CC4)c23)c1. The number of carbonyl (C=O) groups excluding carboxylic acids is 2. The van der Waals surface area contributed by atoms with Crippen LogP contribution in [-0.2, 0) is 4.74 Å². The van der Waals surface area contributed by atoms with Crippen LogP contribution in [0.25, 0.3) is 5.52 Å². The summed E-state index contributed by atoms with van der Waals surface area (Å²) >= 11 is 0. The monoisotopic (exact) mass is 450 g/mol. The molecule has 3 heterocycles. The minimum atomic E-state index is -0.538. The highest BCUT2D eigenvalue weighted by Gasteiger charge is 2.28. The lowest BCUT2D eigenvalue weighted by Gasteiger charge is -2.32. The Morgan fingerprint density at radius 1 is 1.15 bits per heavy atom. The van der Waals surface area contributed by atoms with Gasteiger partial charge in [-0.3, -0.25) is 4.79 Å². The molecule has 1 saturated heterocycles. The number of alkyl carbamates (subject to hydrolysis) is 1. The van der Waals surface area contributed by atoms with Crippen molar-refractivity contribution < 1.29 is 14.3 Å². The van der Waals surface area contributed by atoms with Gasteiger partial charge in [0.2, 0.25) is 0 Å². The number of likely N-dealkylation sites (tertiary alicyclic amines) is 1. The van der Waals surface area contributed by atoms with Gasteiger partial charge in [0.25, 0.3) is 5.91 Å². The maximum absolute atomic E-state index is 13.4. The molecule has 4 rings (SSSR count). The molecule has 0 bridgehead atoms. The maximum atomic E-state index is 13.4. The standard InChI is InChI=1S/C24H30N6O3/c1-16-6-5-7-18(14-16)27-21-20-19(10-13-30(20)26-15-25-21)22(31)29-11-8-17(9-12-29)28-23(32)33-24(2,3)4/h5-7,10,13-15,17H,8-9,11-12H2,1-4H3,(H,28,32)(H,25,26,27). The smallest absolute Gasteiger partial charge is 0.407 e. The molecular formula is C24H30N6O3. The van der Waals surface area contributed by atoms with Gasteiger partial charge in [-0.2, -0.15) is 5.10 Å². The second-order valence-corrected chi connectivity index (χ2v) is 9.34. The molecule has 0 aliphatic carbocycles. The Morgan fingerprint density at radius 3 is 2.61 bits per heavy atom. The lowest BCUT2D eigenvalue weighted by Crippen LogP contribution is -2.47. The number of hydrogen-bond acceptors (Lipinski definition) is 6. The van der Waals surface area contributed by atoms with Gasteiger partial charge in [-0.15, -0.1) is 0 Å². The fourth-order valence-corrected chi connectivity index (χ4v) is 3.95. The zero-order valence-corrected chi connectivity index (χ0v) is 19.5. The van der Waals surface area contributed by atoms with E-state index in [9.17, 15) is 9.59 Å². The van der Waals surface area contributed by atoms with Crippen LogP contribution >= 0.6 is 0 Å². The molecule has 2 N–H and O–H groups in total. The van der Waals surface area contributed by atoms with E-state index in [0.29, 0.717) is 42.8 Å². The molecule has 0 saturated carbocycles. The van der Waals surface area contributed by atoms with Crippen molar-refractivity contribution in [3.05, 3.63) is 54.0 Å². The molecule has 1 aliphatic heterocycles. The number of amides is 2. The van der Waals surface area contributed by atoms with Crippen LogP contribution in [-0.4, -0.2) is 56.2 Å². The van der Waals surface area contributed by atoms with Crippen molar-refractivity contribution in [1.82, 2.24) is 24.8 Å². The molecule has 1 aromatic carbocycles. The van der Waals surface area contributed by atoms with Gasteiger partial charge in [-0.25, -0.2) is 14.3 Å². The summed E-state index contributed by atoms with van der Waals surface area (Å²) in [5, 5.41) is 10.5. The minimum absolute atomic E-state index is 0.0171. The predicted octanol–water partition coefficient (Wildman–Crippen LogP) is 3.91. The van der Waals surface area contributed by atoms with E-state index in [-0.39, 0.29) is 11.9 Å². The molecule has 2 amide bonds. The number of ether oxygens (including phenoxy) is 1. The maximum Gasteiger partial charge on any atom is 0.407 e. The number of anilines is 2. The summed E-state index contributed by atoms with van der Waals surface area (Å²) < 4.78 is 7.00. The molecule has 33 heavy (non-hydrogen) atoms. The molecule has 0 unspecified atom stereocenters. The van der Waals surface area contributed by atoms with E-state index >= 15 is 0 Å². The Balaban J connectivity index is 1.46. The molecule has 0 atom stereocenters. The third-order valence-electron chi connectivity index (χ3n) is 5.47. The minimum Gasteiger partial charge on any atom is -0.444 e. The Bertz CT molecular complexity index is 1160. The van der Waals surface area contributed by atoms with Crippen molar-refractivity contribution in [1.29, 1.82) is 0 Å². The molecule has 9 heteroatoms. The van der Waals surface area contributed by atoms with E-state index in [1.807, 2.05) is 56.9 Å². The Kier molecular flexibility index (Phi) is 6.22. The topological polar surface area (TPSA) is 101 Å². The molecule has 3 aromatic rings. The van der Waals surface area contributed by atoms with Gasteiger partial charge in [0.05, 0.1) is 5.56 Å². The predicted molar refractivity (Wildman–Crippen MR) is 126 cm³/mol. The Labute approximate surface area is 193 Å². The molecule has 0 spiro atoms. The fraction of sp³-hybridized carbons (Fsp3) is 0.417. The zero-order chi connectivity index (χ0) is 23.6. The molecule has 1 fully saturated rings. The average molecular weight is 451 g/mol. The zero-order valence-electron chi connectivity index (χ0n) is 19.5. The fourth-order valence-electron chi connectivity index (χ4n) is 3.95. The quantitative estimate of drug-likeness (QED) is 0.625. The molecule has 174 valence electrons. The van der Waals surface area contributed by atoms with Gasteiger partial charge < -0.3 is 20.3 Å². The normalized spacial score (nSPS) is 14.8. The number of aromatic nitrogens is 3. The van der Waals surface area contributed by atoms with Crippen LogP contribution in [0.3, 0.4) is 0 Å². The van der Waals surface area contributed by atoms with E-state index in [1.54, 1.807) is 16.8 Å². The first-order chi connectivity index (χ1) is 15.7. The summed E-state index contributed by atoms with van der Waals surface area (Å²) in [6, 6.07) is 9.73. The molecular weight excluding hydrogens is 420 g/mol. The van der Waals surface area contributed by atoms with E-state index < -0.39 is 11.7 Å². The number of piperidine rings is 1. The van der Waals surface area contributed by atoms with Gasteiger partial charge in [0, 0.05) is 31.0 Å². The molecule has 1 aliphatic rings. The van der Waals surface area contributed by atoms with Crippen LogP contribution in [0.1, 0.15) is 49.5 Å². The number of rotatable bonds is 4. The van der Waals surface area contributed by atoms with Gasteiger partial charge in [-0.05, 0) is 64.3 Å². The third kappa shape index (κ3) is 5.42. The van der Waals surface area contributed by atoms with Gasteiger partial charge in [-0.1, -0.05) is 12.1 Å². The highest BCUT2D eigenvalue weighted by molar-refractivity contribution is 6.04. The van der Waals surface area contributed by atoms with E-state index in [1.165, 1.54) is 6.33 Å². The summed E-state index contributed by atoms with van der Waals surface area (Å²) in [5.74, 6) is 0.501. The van der Waals surface area contributed by atoms with E-state index in [2.05, 4.69) is 20.7 Å². The number of aryl methyl sites for hydroxylation is 1. The summed E-state index contributed by atoms with van der Waals surface area (Å²) in [6.45, 7) is 8.62. The van der Waals surface area contributed by atoms with Gasteiger partial charge in [0.15, 0.2) is 5.82 Å². The second kappa shape index (κ2) is 9.09. The van der Waals surface area contributed by atoms with Crippen LogP contribution in [0.2, 0.25) is 0 Å². The first kappa shape index (κ1) is 22.6. The van der Waals surface area contributed by atoms with E-state index in [4.69, 9.17) is 4.74 Å². The van der Waals surface area contributed by atoms with Crippen molar-refractivity contribution in [2.24, 2.45) is 0 Å². The van der Waals surface area contributed by atoms with Gasteiger partial charge in [0.1, 0.15) is 17.4 Å². The first-order valence-corrected chi connectivity index (χ1v) is 11.1. The number of benzene rings is 1. The van der Waals surface area contributed by atoms with Crippen molar-refractivity contribution in [3.63, 3.8) is 0 Å². The number of nitrogens with one attached hydrogen (secondary N) is 2. The lowest BCUT2D eigenvalue weighted by atomic mass is 10.0. The largest absolute Gasteiger partial charge is 0.444 e. The van der Waals surface area contributed by atoms with Crippen molar-refractivity contribution in [2.45, 2.75) is 52.2 Å². The van der Waals surface area contributed by atoms with Crippen molar-refractivity contribution in [3.8, 4) is 0 Å². The molecule has 2 aromatic heterocycles. The Morgan fingerprint density at radius 2 is 1.91 bits per heavy atom. The molecule has 0 radical (unpaired) electrons. The van der Waals surface area contributed by atoms with Crippen LogP contribution in [0.5, 0.6) is 0 Å². The summed E-state index contributed by atoms with van der Waals surface area (Å²) in [4.78, 5) is 31.6. The lowest BCUT2D eigenvalue weighted by molar-refractivity contribution is 0.0474. The number of carbonyl (C=O) groups is 2. The van der Waals surface area contributed by atoms with Crippen LogP contribution in [0, 0.1) is 6.92 Å². The van der Waals surface area contributed by atoms with Crippen molar-refractivity contribution >= 4 is 29.0 Å². The Hall–Kier alpha value is -3.62. The van der Waals surface area contributed by atoms with Crippen LogP contribution in [0.4, 0.5) is 16.3 Å². The average Bonchev–Trinajstić information content (AvgIpc) is 3.18. The van der Waals surface area contributed by atoms with Gasteiger partial charge >= 0.3 is 6.09 Å². The summed E-state index contributed by atoms with van der Waals surface area (Å²) in [6.07, 6.45) is 4.15. The van der Waals surface area contributed by atoms with Crippen LogP contribution < -0.4 is 10.6 Å². The first-order valence-electron chi connectivity index (χ1n) is 11.1. The number of nitrogens with zero attached hydrogens (tertiary/aromatic N) is 4.